The molecule has 0 aliphatic carbocycles. The van der Waals surface area contributed by atoms with Crippen LogP contribution in [0.3, 0.4) is 0 Å². The predicted molar refractivity (Wildman–Crippen MR) is 46.4 cm³/mol. The lowest BCUT2D eigenvalue weighted by Gasteiger charge is -1.85. The van der Waals surface area contributed by atoms with E-state index in [4.69, 9.17) is 11.6 Å². The van der Waals surface area contributed by atoms with Crippen LogP contribution in [-0.2, 0) is 0 Å². The van der Waals surface area contributed by atoms with Gasteiger partial charge in [0.25, 0.3) is 0 Å². The van der Waals surface area contributed by atoms with Crippen molar-refractivity contribution in [3.63, 3.8) is 0 Å². The lowest BCUT2D eigenvalue weighted by molar-refractivity contribution is 0.845. The van der Waals surface area contributed by atoms with Crippen molar-refractivity contribution in [2.45, 2.75) is 19.3 Å². The van der Waals surface area contributed by atoms with E-state index < -0.39 is 0 Å². The summed E-state index contributed by atoms with van der Waals surface area (Å²) in [6.07, 6.45) is 3.39. The summed E-state index contributed by atoms with van der Waals surface area (Å²) >= 11 is 7.48. The molecule has 0 rings (SSSR count). The van der Waals surface area contributed by atoms with Crippen LogP contribution in [0.5, 0.6) is 0 Å². The molecular weight excluding hydrogens is 234 g/mol. The summed E-state index contributed by atoms with van der Waals surface area (Å²) in [7, 11) is 0. The van der Waals surface area contributed by atoms with Crippen molar-refractivity contribution in [2.24, 2.45) is 0 Å². The Kier molecular flexibility index (Phi) is 8.13. The molecule has 0 saturated heterocycles. The van der Waals surface area contributed by atoms with Crippen LogP contribution in [0.25, 0.3) is 0 Å². The monoisotopic (exact) mass is 242 g/mol. The third kappa shape index (κ3) is 6.58. The molecule has 0 aliphatic rings. The van der Waals surface area contributed by atoms with Gasteiger partial charge in [0.15, 0.2) is 0 Å². The quantitative estimate of drug-likeness (QED) is 0.309. The number of hydrogen-bond donors (Lipinski definition) is 0. The molecule has 0 bridgehead atoms. The topological polar surface area (TPSA) is 0 Å². The van der Waals surface area contributed by atoms with Gasteiger partial charge in [0.2, 0.25) is 0 Å². The maximum Gasteiger partial charge on any atom is 0.0102 e. The second-order valence-corrected chi connectivity index (χ2v) is 2.69. The molecule has 0 aliphatic heterocycles. The van der Waals surface area contributed by atoms with E-state index in [1.54, 1.807) is 0 Å². The maximum atomic E-state index is 5.12. The van der Waals surface area contributed by atoms with Gasteiger partial charge in [0.05, 0.1) is 0 Å². The summed E-state index contributed by atoms with van der Waals surface area (Å²) < 4.78 is 1.22. The molecule has 0 N–H and O–H groups in total. The molecule has 0 saturated carbocycles. The number of rotatable bonds is 3. The van der Waals surface area contributed by atoms with Gasteiger partial charge in [-0.25, -0.2) is 0 Å². The van der Waals surface area contributed by atoms with Gasteiger partial charge in [0, 0.05) is 11.8 Å². The largest absolute Gasteiger partial charge is 0.0864 e. The predicted octanol–water partition coefficient (Wildman–Crippen LogP) is 2.79. The number of halogens is 2. The molecule has 0 unspecified atom stereocenters. The molecule has 2 heteroatoms. The first-order valence-corrected chi connectivity index (χ1v) is 4.46. The van der Waals surface area contributed by atoms with Crippen LogP contribution >= 0.6 is 34.2 Å². The summed E-state index contributed by atoms with van der Waals surface area (Å²) in [6, 6.07) is 0. The summed E-state index contributed by atoms with van der Waals surface area (Å²) in [5, 5.41) is 2.35. The fourth-order valence-electron chi connectivity index (χ4n) is 0.355. The fraction of sp³-hybridized carbons (Fsp3) is 0.667. The van der Waals surface area contributed by atoms with Crippen molar-refractivity contribution >= 4 is 34.2 Å². The van der Waals surface area contributed by atoms with Gasteiger partial charge in [-0.3, -0.25) is 0 Å². The van der Waals surface area contributed by atoms with Crippen LogP contribution < -0.4 is 0 Å². The van der Waals surface area contributed by atoms with Gasteiger partial charge in [0.1, 0.15) is 0 Å². The molecule has 46 valence electrons. The Morgan fingerprint density at radius 3 is 2.62 bits per heavy atom. The molecule has 0 aromatic rings. The van der Waals surface area contributed by atoms with Gasteiger partial charge in [-0.05, 0) is 28.9 Å². The molecule has 8 heavy (non-hydrogen) atoms. The van der Waals surface area contributed by atoms with Gasteiger partial charge < -0.3 is 0 Å². The Labute approximate surface area is 69.1 Å². The highest BCUT2D eigenvalue weighted by Crippen LogP contribution is 1.96. The average molecular weight is 242 g/mol. The van der Waals surface area contributed by atoms with E-state index in [1.165, 1.54) is 17.3 Å². The molecule has 0 aromatic carbocycles. The van der Waals surface area contributed by atoms with Gasteiger partial charge in [-0.15, -0.1) is 0 Å². The zero-order valence-electron chi connectivity index (χ0n) is 4.58. The normalized spacial score (nSPS) is 7.75. The molecule has 0 radical (unpaired) electrons. The minimum Gasteiger partial charge on any atom is -0.0864 e. The summed E-state index contributed by atoms with van der Waals surface area (Å²) in [5.41, 5.74) is 0. The van der Waals surface area contributed by atoms with Crippen LogP contribution in [0.4, 0.5) is 0 Å². The summed E-state index contributed by atoms with van der Waals surface area (Å²) in [5.74, 6) is 2.80. The highest BCUT2D eigenvalue weighted by molar-refractivity contribution is 14.1. The van der Waals surface area contributed by atoms with E-state index in [1.807, 2.05) is 0 Å². The number of unbranched alkanes of at least 4 members (excludes halogenated alkanes) is 2. The summed E-state index contributed by atoms with van der Waals surface area (Å²) in [4.78, 5) is 0. The lowest BCUT2D eigenvalue weighted by atomic mass is 10.3. The molecule has 0 atom stereocenters. The van der Waals surface area contributed by atoms with Crippen LogP contribution in [0.1, 0.15) is 19.3 Å². The second kappa shape index (κ2) is 7.58. The van der Waals surface area contributed by atoms with Gasteiger partial charge in [-0.1, -0.05) is 28.5 Å². The molecule has 0 nitrogen and oxygen atoms in total. The van der Waals surface area contributed by atoms with E-state index >= 15 is 0 Å². The van der Waals surface area contributed by atoms with Crippen molar-refractivity contribution < 1.29 is 0 Å². The van der Waals surface area contributed by atoms with Crippen molar-refractivity contribution in [2.75, 3.05) is 4.43 Å². The highest BCUT2D eigenvalue weighted by Gasteiger charge is 1.79. The number of hydrogen-bond acceptors (Lipinski definition) is 0. The zero-order valence-corrected chi connectivity index (χ0v) is 7.50. The molecule has 0 spiro atoms. The Hall–Kier alpha value is 0.580. The van der Waals surface area contributed by atoms with E-state index in [2.05, 4.69) is 33.9 Å². The van der Waals surface area contributed by atoms with Crippen molar-refractivity contribution in [3.8, 4) is 11.3 Å². The van der Waals surface area contributed by atoms with E-state index in [0.29, 0.717) is 0 Å². The molecule has 0 heterocycles. The molecule has 0 fully saturated rings. The zero-order chi connectivity index (χ0) is 6.24. The Balaban J connectivity index is 2.79. The SMILES string of the molecule is ClC#CCCCCI. The van der Waals surface area contributed by atoms with E-state index in [0.717, 1.165) is 6.42 Å². The van der Waals surface area contributed by atoms with Crippen LogP contribution in [-0.4, -0.2) is 4.43 Å². The molecule has 0 aromatic heterocycles. The van der Waals surface area contributed by atoms with Crippen LogP contribution in [0.2, 0.25) is 0 Å². The van der Waals surface area contributed by atoms with Crippen LogP contribution in [0, 0.1) is 11.3 Å². The minimum atomic E-state index is 0.951. The minimum absolute atomic E-state index is 0.951. The molecule has 0 amide bonds. The van der Waals surface area contributed by atoms with Gasteiger partial charge in [-0.2, -0.15) is 0 Å². The fourth-order valence-corrected chi connectivity index (χ4v) is 0.989. The first-order valence-electron chi connectivity index (χ1n) is 2.56. The van der Waals surface area contributed by atoms with Crippen molar-refractivity contribution in [1.29, 1.82) is 0 Å². The third-order valence-corrected chi connectivity index (χ3v) is 1.65. The maximum absolute atomic E-state index is 5.12. The standard InChI is InChI=1S/C6H8ClI/c7-5-3-1-2-4-6-8/h1-2,4,6H2. The Morgan fingerprint density at radius 2 is 2.12 bits per heavy atom. The van der Waals surface area contributed by atoms with Crippen molar-refractivity contribution in [3.05, 3.63) is 0 Å². The van der Waals surface area contributed by atoms with Crippen LogP contribution in [0.15, 0.2) is 0 Å². The first kappa shape index (κ1) is 8.58. The molecular formula is C6H8ClI. The first-order chi connectivity index (χ1) is 3.91. The van der Waals surface area contributed by atoms with Gasteiger partial charge >= 0.3 is 0 Å². The lowest BCUT2D eigenvalue weighted by Crippen LogP contribution is -1.72. The third-order valence-electron chi connectivity index (χ3n) is 0.752. The number of alkyl halides is 1. The summed E-state index contributed by atoms with van der Waals surface area (Å²) in [6.45, 7) is 0. The smallest absolute Gasteiger partial charge is 0.0102 e. The highest BCUT2D eigenvalue weighted by atomic mass is 127. The average Bonchev–Trinajstić information content (AvgIpc) is 1.81. The van der Waals surface area contributed by atoms with E-state index in [-0.39, 0.29) is 0 Å². The second-order valence-electron chi connectivity index (χ2n) is 1.42. The van der Waals surface area contributed by atoms with E-state index in [9.17, 15) is 0 Å². The Morgan fingerprint density at radius 1 is 1.38 bits per heavy atom. The van der Waals surface area contributed by atoms with Crippen molar-refractivity contribution in [1.82, 2.24) is 0 Å². The Bertz CT molecular complexity index is 90.4.